The molecule has 0 atom stereocenters. The Morgan fingerprint density at radius 1 is 0.917 bits per heavy atom. The van der Waals surface area contributed by atoms with E-state index < -0.39 is 52.0 Å². The average Bonchev–Trinajstić information content (AvgIpc) is 2.08. The number of carboxylic acids is 3. The van der Waals surface area contributed by atoms with Crippen LogP contribution < -0.4 is 68.9 Å². The minimum atomic E-state index is -5.55. The van der Waals surface area contributed by atoms with Crippen LogP contribution in [0.25, 0.3) is 0 Å². The van der Waals surface area contributed by atoms with E-state index in [1.54, 1.807) is 0 Å². The Labute approximate surface area is 177 Å². The monoisotopic (exact) mass is 414 g/mol. The van der Waals surface area contributed by atoms with Gasteiger partial charge in [0.1, 0.15) is 0 Å². The summed E-state index contributed by atoms with van der Waals surface area (Å²) in [7, 11) is -10.7. The molecule has 0 heterocycles. The predicted octanol–water partition coefficient (Wildman–Crippen LogP) is -9.32. The molecule has 18 heteroatoms. The van der Waals surface area contributed by atoms with Gasteiger partial charge in [0.25, 0.3) is 0 Å². The van der Waals surface area contributed by atoms with Crippen LogP contribution in [0.4, 0.5) is 0 Å². The minimum absolute atomic E-state index is 0. The molecule has 0 radical (unpaired) electrons. The van der Waals surface area contributed by atoms with Crippen molar-refractivity contribution in [1.82, 2.24) is 0 Å². The largest absolute Gasteiger partial charge is 1.00 e. The number of rotatable bonds is 7. The van der Waals surface area contributed by atoms with E-state index in [9.17, 15) is 33.3 Å². The van der Waals surface area contributed by atoms with E-state index in [-0.39, 0.29) is 59.1 Å². The van der Waals surface area contributed by atoms with Gasteiger partial charge in [-0.15, -0.1) is 0 Å². The van der Waals surface area contributed by atoms with E-state index in [4.69, 9.17) is 30.2 Å². The number of aliphatic hydroxyl groups is 1. The van der Waals surface area contributed by atoms with Gasteiger partial charge in [-0.25, -0.2) is 9.36 Å². The van der Waals surface area contributed by atoms with Crippen LogP contribution in [0.2, 0.25) is 0 Å². The zero-order valence-corrected chi connectivity index (χ0v) is 18.0. The van der Waals surface area contributed by atoms with Gasteiger partial charge in [-0.3, -0.25) is 13.9 Å². The Hall–Kier alpha value is 0.630. The first kappa shape index (κ1) is 32.3. The third-order valence-corrected chi connectivity index (χ3v) is 3.14. The molecule has 0 aliphatic carbocycles. The maximum Gasteiger partial charge on any atom is 1.00 e. The molecule has 0 rings (SSSR count). The van der Waals surface area contributed by atoms with E-state index in [0.29, 0.717) is 0 Å². The van der Waals surface area contributed by atoms with Crippen LogP contribution >= 0.6 is 15.6 Å². The van der Waals surface area contributed by atoms with Crippen molar-refractivity contribution in [3.63, 3.8) is 0 Å². The molecule has 0 spiro atoms. The standard InChI is InChI=1S/C6H8O7.2Na.H4O7P2/c7-3(8)1-6(13,5(11)12)2-4(9)10;;;1-8(2,3)7-9(4,5)6/h13H,1-2H2,(H,7,8)(H,9,10)(H,11,12);;;(H2,1,2,3)(H2,4,5,6)/q;2*+1;/p-2. The number of hydrogen-bond donors (Lipinski definition) is 6. The fourth-order valence-corrected chi connectivity index (χ4v) is 1.89. The minimum Gasteiger partial charge on any atom is -0.789 e. The van der Waals surface area contributed by atoms with Gasteiger partial charge in [0.05, 0.1) is 20.7 Å². The third kappa shape index (κ3) is 20.7. The molecule has 0 fully saturated rings. The quantitative estimate of drug-likeness (QED) is 0.167. The fourth-order valence-electron chi connectivity index (χ4n) is 0.844. The van der Waals surface area contributed by atoms with Crippen molar-refractivity contribution in [2.75, 3.05) is 0 Å². The predicted molar refractivity (Wildman–Crippen MR) is 57.8 cm³/mol. The van der Waals surface area contributed by atoms with Gasteiger partial charge >= 0.3 is 84.8 Å². The van der Waals surface area contributed by atoms with Crippen molar-refractivity contribution in [2.24, 2.45) is 0 Å². The summed E-state index contributed by atoms with van der Waals surface area (Å²) < 4.78 is 21.7. The smallest absolute Gasteiger partial charge is 0.789 e. The summed E-state index contributed by atoms with van der Waals surface area (Å²) in [4.78, 5) is 64.6. The Morgan fingerprint density at radius 2 is 1.21 bits per heavy atom. The normalized spacial score (nSPS) is 11.0. The van der Waals surface area contributed by atoms with E-state index in [0.717, 1.165) is 0 Å². The van der Waals surface area contributed by atoms with Gasteiger partial charge in [-0.1, -0.05) is 0 Å². The number of carbonyl (C=O) groups is 3. The number of aliphatic carboxylic acids is 3. The second kappa shape index (κ2) is 12.9. The Morgan fingerprint density at radius 3 is 1.29 bits per heavy atom. The van der Waals surface area contributed by atoms with Crippen molar-refractivity contribution in [2.45, 2.75) is 18.4 Å². The van der Waals surface area contributed by atoms with Crippen LogP contribution in [0.15, 0.2) is 0 Å². The summed E-state index contributed by atoms with van der Waals surface area (Å²) in [6, 6.07) is 0. The molecule has 0 aromatic heterocycles. The molecule has 14 nitrogen and oxygen atoms in total. The zero-order chi connectivity index (χ0) is 18.4. The number of phosphoric acid groups is 2. The van der Waals surface area contributed by atoms with Crippen LogP contribution in [0.5, 0.6) is 0 Å². The van der Waals surface area contributed by atoms with Crippen LogP contribution in [-0.2, 0) is 27.8 Å². The average molecular weight is 414 g/mol. The Balaban J connectivity index is -0.000000162. The summed E-state index contributed by atoms with van der Waals surface area (Å²) in [6.07, 6.45) is -2.29. The molecule has 0 aliphatic rings. The van der Waals surface area contributed by atoms with Gasteiger partial charge in [-0.05, 0) is 0 Å². The summed E-state index contributed by atoms with van der Waals surface area (Å²) in [6.45, 7) is 0. The van der Waals surface area contributed by atoms with Gasteiger partial charge in [0, 0.05) is 0 Å². The molecule has 0 bridgehead atoms. The second-order valence-corrected chi connectivity index (χ2v) is 6.03. The number of carboxylic acid groups (broad SMARTS) is 3. The summed E-state index contributed by atoms with van der Waals surface area (Å²) in [5.41, 5.74) is -2.74. The van der Waals surface area contributed by atoms with E-state index in [1.807, 2.05) is 0 Å². The van der Waals surface area contributed by atoms with Crippen molar-refractivity contribution in [3.8, 4) is 0 Å². The Bertz CT molecular complexity index is 485. The molecule has 0 aromatic carbocycles. The molecule has 24 heavy (non-hydrogen) atoms. The second-order valence-electron chi connectivity index (χ2n) is 3.50. The maximum absolute atomic E-state index is 10.3. The van der Waals surface area contributed by atoms with E-state index in [2.05, 4.69) is 4.31 Å². The number of hydrogen-bond acceptors (Lipinski definition) is 9. The molecule has 0 saturated heterocycles. The van der Waals surface area contributed by atoms with Gasteiger partial charge in [-0.2, -0.15) is 0 Å². The van der Waals surface area contributed by atoms with Crippen LogP contribution in [-0.4, -0.2) is 53.7 Å². The molecular weight excluding hydrogens is 404 g/mol. The van der Waals surface area contributed by atoms with Crippen LogP contribution in [0.3, 0.4) is 0 Å². The first-order valence-electron chi connectivity index (χ1n) is 4.67. The van der Waals surface area contributed by atoms with Crippen molar-refractivity contribution in [1.29, 1.82) is 0 Å². The molecule has 0 unspecified atom stereocenters. The zero-order valence-electron chi connectivity index (χ0n) is 12.3. The van der Waals surface area contributed by atoms with Gasteiger partial charge in [0.15, 0.2) is 5.60 Å². The Kier molecular flexibility index (Phi) is 17.4. The molecule has 0 aliphatic heterocycles. The third-order valence-electron chi connectivity index (χ3n) is 1.49. The van der Waals surface area contributed by atoms with Gasteiger partial charge < -0.3 is 44.6 Å². The first-order chi connectivity index (χ1) is 9.48. The van der Waals surface area contributed by atoms with Crippen LogP contribution in [0.1, 0.15) is 12.8 Å². The molecule has 130 valence electrons. The summed E-state index contributed by atoms with van der Waals surface area (Å²) >= 11 is 0. The first-order valence-corrected chi connectivity index (χ1v) is 7.66. The summed E-state index contributed by atoms with van der Waals surface area (Å²) in [5.74, 6) is -5.02. The molecule has 0 saturated carbocycles. The molecular formula is C6H10Na2O14P2. The van der Waals surface area contributed by atoms with Crippen LogP contribution in [0, 0.1) is 0 Å². The van der Waals surface area contributed by atoms with E-state index >= 15 is 0 Å². The van der Waals surface area contributed by atoms with Crippen molar-refractivity contribution < 1.29 is 127 Å². The van der Waals surface area contributed by atoms with Gasteiger partial charge in [0.2, 0.25) is 0 Å². The maximum atomic E-state index is 10.3. The summed E-state index contributed by atoms with van der Waals surface area (Å²) in [5, 5.41) is 33.8. The SMILES string of the molecule is O=C(O)CC(O)(CC(=O)O)C(=O)O.O=P([O-])([O-])OP(=O)(O)O.[Na+].[Na+]. The van der Waals surface area contributed by atoms with Crippen molar-refractivity contribution in [3.05, 3.63) is 0 Å². The topological polar surface area (TPSA) is 262 Å². The molecule has 6 N–H and O–H groups in total. The fraction of sp³-hybridized carbons (Fsp3) is 0.500. The van der Waals surface area contributed by atoms with E-state index in [1.165, 1.54) is 0 Å². The van der Waals surface area contributed by atoms with Crippen molar-refractivity contribution >= 4 is 33.6 Å². The molecule has 0 aromatic rings. The molecule has 0 amide bonds.